The minimum Gasteiger partial charge on any atom is -0.296 e. The highest BCUT2D eigenvalue weighted by Crippen LogP contribution is 2.28. The lowest BCUT2D eigenvalue weighted by atomic mass is 10.1. The smallest absolute Gasteiger partial charge is 0.277 e. The van der Waals surface area contributed by atoms with Gasteiger partial charge in [0.2, 0.25) is 0 Å². The summed E-state index contributed by atoms with van der Waals surface area (Å²) in [5.74, 6) is 0.0752. The third kappa shape index (κ3) is 3.77. The van der Waals surface area contributed by atoms with E-state index in [4.69, 9.17) is 0 Å². The first-order valence-corrected chi connectivity index (χ1v) is 10.9. The summed E-state index contributed by atoms with van der Waals surface area (Å²) in [5, 5.41) is 7.75. The van der Waals surface area contributed by atoms with E-state index in [1.54, 1.807) is 10.7 Å². The molecule has 1 amide bonds. The Hall–Kier alpha value is -1.74. The van der Waals surface area contributed by atoms with E-state index in [2.05, 4.69) is 15.4 Å². The second-order valence-electron chi connectivity index (χ2n) is 6.73. The van der Waals surface area contributed by atoms with Crippen LogP contribution in [-0.2, 0) is 9.84 Å². The van der Waals surface area contributed by atoms with Crippen LogP contribution in [0.25, 0.3) is 0 Å². The number of hydrogen-bond donors (Lipinski definition) is 1. The zero-order chi connectivity index (χ0) is 18.4. The van der Waals surface area contributed by atoms with Crippen LogP contribution in [0.4, 0.5) is 5.13 Å². The molecule has 2 aromatic heterocycles. The SMILES string of the molecule is Cc1nc(NC(=O)c2cc(C(C)C)n([C@@H]3CCS(=O)(=O)C3)n2)sc1C. The molecular weight excluding hydrogens is 360 g/mol. The van der Waals surface area contributed by atoms with Crippen molar-refractivity contribution in [2.45, 2.75) is 46.1 Å². The standard InChI is InChI=1S/C16H22N4O3S2/c1-9(2)14-7-13(15(21)18-16-17-10(3)11(4)24-16)19-20(14)12-5-6-25(22,23)8-12/h7,9,12H,5-6,8H2,1-4H3,(H,17,18,21)/t12-/m1/s1. The third-order valence-corrected chi connectivity index (χ3v) is 7.13. The van der Waals surface area contributed by atoms with Crippen molar-refractivity contribution in [2.75, 3.05) is 16.8 Å². The van der Waals surface area contributed by atoms with Crippen molar-refractivity contribution in [3.8, 4) is 0 Å². The molecule has 1 N–H and O–H groups in total. The van der Waals surface area contributed by atoms with Gasteiger partial charge in [-0.15, -0.1) is 11.3 Å². The van der Waals surface area contributed by atoms with Gasteiger partial charge in [0.25, 0.3) is 5.91 Å². The van der Waals surface area contributed by atoms with Gasteiger partial charge in [-0.25, -0.2) is 13.4 Å². The number of thiazole rings is 1. The molecule has 0 aromatic carbocycles. The van der Waals surface area contributed by atoms with E-state index >= 15 is 0 Å². The van der Waals surface area contributed by atoms with Crippen LogP contribution in [0.3, 0.4) is 0 Å². The Balaban J connectivity index is 1.87. The number of carbonyl (C=O) groups excluding carboxylic acids is 1. The van der Waals surface area contributed by atoms with E-state index in [-0.39, 0.29) is 29.4 Å². The van der Waals surface area contributed by atoms with Crippen LogP contribution in [0.1, 0.15) is 59.0 Å². The molecule has 1 fully saturated rings. The normalized spacial score (nSPS) is 19.5. The third-order valence-electron chi connectivity index (χ3n) is 4.39. The van der Waals surface area contributed by atoms with Crippen LogP contribution >= 0.6 is 11.3 Å². The Bertz CT molecular complexity index is 892. The molecule has 0 aliphatic carbocycles. The molecule has 3 heterocycles. The van der Waals surface area contributed by atoms with Gasteiger partial charge in [-0.3, -0.25) is 14.8 Å². The number of nitrogens with zero attached hydrogens (tertiary/aromatic N) is 3. The Morgan fingerprint density at radius 2 is 2.12 bits per heavy atom. The highest BCUT2D eigenvalue weighted by Gasteiger charge is 2.32. The van der Waals surface area contributed by atoms with E-state index in [9.17, 15) is 13.2 Å². The molecule has 0 saturated carbocycles. The lowest BCUT2D eigenvalue weighted by molar-refractivity contribution is 0.102. The second-order valence-corrected chi connectivity index (χ2v) is 10.2. The maximum atomic E-state index is 12.5. The maximum Gasteiger partial charge on any atom is 0.277 e. The molecule has 136 valence electrons. The molecule has 1 aliphatic rings. The minimum atomic E-state index is -3.02. The molecule has 1 saturated heterocycles. The zero-order valence-corrected chi connectivity index (χ0v) is 16.4. The first-order chi connectivity index (χ1) is 11.7. The van der Waals surface area contributed by atoms with Crippen LogP contribution in [0.2, 0.25) is 0 Å². The average molecular weight is 383 g/mol. The number of rotatable bonds is 4. The second kappa shape index (κ2) is 6.53. The summed E-state index contributed by atoms with van der Waals surface area (Å²) in [4.78, 5) is 17.9. The van der Waals surface area contributed by atoms with Gasteiger partial charge in [0, 0.05) is 10.6 Å². The Kier molecular flexibility index (Phi) is 4.72. The van der Waals surface area contributed by atoms with Crippen LogP contribution in [-0.4, -0.2) is 40.6 Å². The van der Waals surface area contributed by atoms with Crippen molar-refractivity contribution < 1.29 is 13.2 Å². The Labute approximate surface area is 151 Å². The number of carbonyl (C=O) groups is 1. The predicted octanol–water partition coefficient (Wildman–Crippen LogP) is 2.69. The summed E-state index contributed by atoms with van der Waals surface area (Å²) in [6.45, 7) is 7.86. The molecule has 9 heteroatoms. The number of anilines is 1. The summed E-state index contributed by atoms with van der Waals surface area (Å²) in [6, 6.07) is 1.55. The van der Waals surface area contributed by atoms with Gasteiger partial charge in [-0.1, -0.05) is 13.8 Å². The molecule has 0 radical (unpaired) electrons. The van der Waals surface area contributed by atoms with Gasteiger partial charge in [-0.2, -0.15) is 5.10 Å². The van der Waals surface area contributed by atoms with E-state index in [0.29, 0.717) is 17.2 Å². The summed E-state index contributed by atoms with van der Waals surface area (Å²) >= 11 is 1.42. The maximum absolute atomic E-state index is 12.5. The number of hydrogen-bond acceptors (Lipinski definition) is 6. The van der Waals surface area contributed by atoms with Crippen LogP contribution in [0.15, 0.2) is 6.07 Å². The average Bonchev–Trinajstić information content (AvgIpc) is 3.17. The minimum absolute atomic E-state index is 0.0837. The van der Waals surface area contributed by atoms with Crippen molar-refractivity contribution in [3.05, 3.63) is 28.0 Å². The summed E-state index contributed by atoms with van der Waals surface area (Å²) in [7, 11) is -3.02. The first kappa shape index (κ1) is 18.1. The molecule has 0 bridgehead atoms. The van der Waals surface area contributed by atoms with E-state index in [1.165, 1.54) is 11.3 Å². The molecular formula is C16H22N4O3S2. The van der Waals surface area contributed by atoms with Crippen LogP contribution in [0, 0.1) is 13.8 Å². The summed E-state index contributed by atoms with van der Waals surface area (Å²) < 4.78 is 25.3. The quantitative estimate of drug-likeness (QED) is 0.877. The number of sulfone groups is 1. The molecule has 2 aromatic rings. The fraction of sp³-hybridized carbons (Fsp3) is 0.562. The summed E-state index contributed by atoms with van der Waals surface area (Å²) in [5.41, 5.74) is 2.06. The molecule has 7 nitrogen and oxygen atoms in total. The Morgan fingerprint density at radius 1 is 1.40 bits per heavy atom. The predicted molar refractivity (Wildman–Crippen MR) is 98.2 cm³/mol. The van der Waals surface area contributed by atoms with Crippen molar-refractivity contribution in [1.29, 1.82) is 0 Å². The number of amides is 1. The largest absolute Gasteiger partial charge is 0.296 e. The monoisotopic (exact) mass is 382 g/mol. The van der Waals surface area contributed by atoms with Crippen molar-refractivity contribution in [3.63, 3.8) is 0 Å². The van der Waals surface area contributed by atoms with Gasteiger partial charge in [0.1, 0.15) is 0 Å². The Morgan fingerprint density at radius 3 is 2.64 bits per heavy atom. The zero-order valence-electron chi connectivity index (χ0n) is 14.7. The van der Waals surface area contributed by atoms with Gasteiger partial charge >= 0.3 is 0 Å². The topological polar surface area (TPSA) is 94.0 Å². The number of aryl methyl sites for hydroxylation is 2. The molecule has 1 aliphatic heterocycles. The highest BCUT2D eigenvalue weighted by atomic mass is 32.2. The number of aromatic nitrogens is 3. The van der Waals surface area contributed by atoms with E-state index < -0.39 is 9.84 Å². The van der Waals surface area contributed by atoms with Gasteiger partial charge in [0.15, 0.2) is 20.7 Å². The highest BCUT2D eigenvalue weighted by molar-refractivity contribution is 7.91. The summed E-state index contributed by atoms with van der Waals surface area (Å²) in [6.07, 6.45) is 0.537. The number of nitrogens with one attached hydrogen (secondary N) is 1. The van der Waals surface area contributed by atoms with Crippen molar-refractivity contribution >= 4 is 32.2 Å². The van der Waals surface area contributed by atoms with Crippen molar-refractivity contribution in [1.82, 2.24) is 14.8 Å². The van der Waals surface area contributed by atoms with Crippen molar-refractivity contribution in [2.24, 2.45) is 0 Å². The van der Waals surface area contributed by atoms with Gasteiger partial charge in [-0.05, 0) is 32.3 Å². The first-order valence-electron chi connectivity index (χ1n) is 8.21. The van der Waals surface area contributed by atoms with Gasteiger partial charge in [0.05, 0.1) is 23.2 Å². The lowest BCUT2D eigenvalue weighted by Crippen LogP contribution is -2.17. The molecule has 0 unspecified atom stereocenters. The van der Waals surface area contributed by atoms with E-state index in [1.807, 2.05) is 27.7 Å². The lowest BCUT2D eigenvalue weighted by Gasteiger charge is -2.15. The van der Waals surface area contributed by atoms with E-state index in [0.717, 1.165) is 16.3 Å². The fourth-order valence-corrected chi connectivity index (χ4v) is 5.40. The fourth-order valence-electron chi connectivity index (χ4n) is 2.90. The molecule has 1 atom stereocenters. The molecule has 25 heavy (non-hydrogen) atoms. The van der Waals surface area contributed by atoms with Crippen LogP contribution in [0.5, 0.6) is 0 Å². The molecule has 3 rings (SSSR count). The van der Waals surface area contributed by atoms with Crippen LogP contribution < -0.4 is 5.32 Å². The van der Waals surface area contributed by atoms with Gasteiger partial charge < -0.3 is 0 Å². The molecule has 0 spiro atoms.